The number of carbonyl (C=O) groups is 2. The molecule has 1 aliphatic carbocycles. The summed E-state index contributed by atoms with van der Waals surface area (Å²) in [6.07, 6.45) is 2.38. The molecule has 8 heteroatoms. The molecule has 1 aromatic carbocycles. The molecule has 2 heterocycles. The Morgan fingerprint density at radius 1 is 1.17 bits per heavy atom. The highest BCUT2D eigenvalue weighted by Gasteiger charge is 2.30. The number of nitrogens with one attached hydrogen (secondary N) is 1. The predicted molar refractivity (Wildman–Crippen MR) is 121 cm³/mol. The van der Waals surface area contributed by atoms with E-state index >= 15 is 0 Å². The smallest absolute Gasteiger partial charge is 0.227 e. The number of aryl methyl sites for hydroxylation is 1. The van der Waals surface area contributed by atoms with Crippen LogP contribution >= 0.6 is 22.9 Å². The van der Waals surface area contributed by atoms with Gasteiger partial charge in [-0.05, 0) is 43.5 Å². The highest BCUT2D eigenvalue weighted by atomic mass is 35.5. The zero-order valence-electron chi connectivity index (χ0n) is 17.4. The third-order valence-corrected chi connectivity index (χ3v) is 7.20. The normalized spacial score (nSPS) is 19.0. The number of hydrogen-bond donors (Lipinski definition) is 1. The summed E-state index contributed by atoms with van der Waals surface area (Å²) >= 11 is 7.62. The summed E-state index contributed by atoms with van der Waals surface area (Å²) in [4.78, 5) is 35.2. The number of carbonyl (C=O) groups excluding carboxylic acids is 2. The number of rotatable bonds is 4. The first-order chi connectivity index (χ1) is 14.4. The topological polar surface area (TPSA) is 65.5 Å². The standard InChI is InChI=1S/C22H27ClN4O2S/c1-14(2)21(29)26-9-11-27(12-10-26)22-25-18-8-3-15(13-19(18)30-22)20(28)24-17-6-4-16(23)5-7-17/h4-7,14-15H,3,8-13H2,1-2H3,(H,24,28)/t15-/m1/s1. The Hall–Kier alpha value is -2.12. The van der Waals surface area contributed by atoms with Crippen LogP contribution in [-0.2, 0) is 22.4 Å². The van der Waals surface area contributed by atoms with E-state index in [4.69, 9.17) is 16.6 Å². The third kappa shape index (κ3) is 4.62. The number of halogens is 1. The lowest BCUT2D eigenvalue weighted by atomic mass is 9.90. The van der Waals surface area contributed by atoms with E-state index in [1.807, 2.05) is 30.9 Å². The van der Waals surface area contributed by atoms with Crippen LogP contribution < -0.4 is 10.2 Å². The Morgan fingerprint density at radius 3 is 2.53 bits per heavy atom. The first-order valence-electron chi connectivity index (χ1n) is 10.5. The highest BCUT2D eigenvalue weighted by molar-refractivity contribution is 7.15. The van der Waals surface area contributed by atoms with Crippen molar-refractivity contribution in [2.24, 2.45) is 11.8 Å². The van der Waals surface area contributed by atoms with Gasteiger partial charge in [0.2, 0.25) is 11.8 Å². The van der Waals surface area contributed by atoms with Gasteiger partial charge in [-0.2, -0.15) is 0 Å². The lowest BCUT2D eigenvalue weighted by Gasteiger charge is -2.35. The van der Waals surface area contributed by atoms with Gasteiger partial charge in [0.05, 0.1) is 5.69 Å². The summed E-state index contributed by atoms with van der Waals surface area (Å²) in [7, 11) is 0. The fraction of sp³-hybridized carbons (Fsp3) is 0.500. The maximum absolute atomic E-state index is 12.7. The molecule has 30 heavy (non-hydrogen) atoms. The number of fused-ring (bicyclic) bond motifs is 1. The van der Waals surface area contributed by atoms with Gasteiger partial charge >= 0.3 is 0 Å². The molecule has 1 atom stereocenters. The molecule has 2 amide bonds. The fourth-order valence-electron chi connectivity index (χ4n) is 3.98. The predicted octanol–water partition coefficient (Wildman–Crippen LogP) is 3.84. The van der Waals surface area contributed by atoms with Crippen LogP contribution in [0.2, 0.25) is 5.02 Å². The van der Waals surface area contributed by atoms with Crippen molar-refractivity contribution in [2.75, 3.05) is 36.4 Å². The molecule has 1 aliphatic heterocycles. The molecule has 0 unspecified atom stereocenters. The molecule has 2 aliphatic rings. The molecular formula is C22H27ClN4O2S. The minimum Gasteiger partial charge on any atom is -0.345 e. The monoisotopic (exact) mass is 446 g/mol. The quantitative estimate of drug-likeness (QED) is 0.774. The zero-order chi connectivity index (χ0) is 21.3. The van der Waals surface area contributed by atoms with E-state index in [1.54, 1.807) is 23.5 Å². The lowest BCUT2D eigenvalue weighted by molar-refractivity contribution is -0.134. The van der Waals surface area contributed by atoms with Crippen molar-refractivity contribution in [3.63, 3.8) is 0 Å². The molecule has 160 valence electrons. The van der Waals surface area contributed by atoms with E-state index in [2.05, 4.69) is 10.2 Å². The third-order valence-electron chi connectivity index (χ3n) is 5.77. The molecular weight excluding hydrogens is 420 g/mol. The van der Waals surface area contributed by atoms with Gasteiger partial charge in [-0.15, -0.1) is 11.3 Å². The summed E-state index contributed by atoms with van der Waals surface area (Å²) in [6, 6.07) is 7.20. The van der Waals surface area contributed by atoms with Crippen LogP contribution in [0.25, 0.3) is 0 Å². The highest BCUT2D eigenvalue weighted by Crippen LogP contribution is 2.35. The molecule has 0 bridgehead atoms. The van der Waals surface area contributed by atoms with Crippen molar-refractivity contribution in [3.05, 3.63) is 39.9 Å². The molecule has 4 rings (SSSR count). The van der Waals surface area contributed by atoms with Crippen molar-refractivity contribution >= 4 is 45.6 Å². The van der Waals surface area contributed by atoms with Gasteiger partial charge in [0, 0.05) is 53.6 Å². The Morgan fingerprint density at radius 2 is 1.87 bits per heavy atom. The Bertz CT molecular complexity index is 920. The minimum absolute atomic E-state index is 0.0398. The molecule has 0 spiro atoms. The zero-order valence-corrected chi connectivity index (χ0v) is 18.9. The second-order valence-electron chi connectivity index (χ2n) is 8.27. The first-order valence-corrected chi connectivity index (χ1v) is 11.7. The van der Waals surface area contributed by atoms with Gasteiger partial charge in [-0.1, -0.05) is 25.4 Å². The minimum atomic E-state index is -0.0398. The molecule has 6 nitrogen and oxygen atoms in total. The number of anilines is 2. The fourth-order valence-corrected chi connectivity index (χ4v) is 5.35. The van der Waals surface area contributed by atoms with Crippen molar-refractivity contribution in [2.45, 2.75) is 33.1 Å². The average molecular weight is 447 g/mol. The van der Waals surface area contributed by atoms with Crippen molar-refractivity contribution < 1.29 is 9.59 Å². The van der Waals surface area contributed by atoms with Gasteiger partial charge in [0.25, 0.3) is 0 Å². The summed E-state index contributed by atoms with van der Waals surface area (Å²) in [5, 5.41) is 4.68. The van der Waals surface area contributed by atoms with E-state index in [-0.39, 0.29) is 23.7 Å². The van der Waals surface area contributed by atoms with E-state index < -0.39 is 0 Å². The van der Waals surface area contributed by atoms with E-state index in [9.17, 15) is 9.59 Å². The molecule has 1 saturated heterocycles. The number of amides is 2. The first kappa shape index (κ1) is 21.1. The summed E-state index contributed by atoms with van der Waals surface area (Å²) in [5.74, 6) is 0.281. The number of thiazole rings is 1. The average Bonchev–Trinajstić information content (AvgIpc) is 3.18. The number of piperazine rings is 1. The molecule has 0 saturated carbocycles. The van der Waals surface area contributed by atoms with Crippen LogP contribution in [-0.4, -0.2) is 47.9 Å². The van der Waals surface area contributed by atoms with E-state index in [1.165, 1.54) is 4.88 Å². The Labute approximate surface area is 186 Å². The Balaban J connectivity index is 1.36. The van der Waals surface area contributed by atoms with Crippen LogP contribution in [0.5, 0.6) is 0 Å². The molecule has 1 N–H and O–H groups in total. The van der Waals surface area contributed by atoms with Crippen LogP contribution in [0, 0.1) is 11.8 Å². The van der Waals surface area contributed by atoms with Crippen LogP contribution in [0.3, 0.4) is 0 Å². The van der Waals surface area contributed by atoms with Crippen molar-refractivity contribution in [3.8, 4) is 0 Å². The number of benzene rings is 1. The van der Waals surface area contributed by atoms with E-state index in [0.29, 0.717) is 5.02 Å². The largest absolute Gasteiger partial charge is 0.345 e. The summed E-state index contributed by atoms with van der Waals surface area (Å²) in [5.41, 5.74) is 1.90. The SMILES string of the molecule is CC(C)C(=O)N1CCN(c2nc3c(s2)C[C@H](C(=O)Nc2ccc(Cl)cc2)CC3)CC1. The van der Waals surface area contributed by atoms with Crippen molar-refractivity contribution in [1.29, 1.82) is 0 Å². The maximum atomic E-state index is 12.7. The van der Waals surface area contributed by atoms with Crippen LogP contribution in [0.4, 0.5) is 10.8 Å². The molecule has 1 fully saturated rings. The van der Waals surface area contributed by atoms with Crippen LogP contribution in [0.15, 0.2) is 24.3 Å². The molecule has 2 aromatic rings. The summed E-state index contributed by atoms with van der Waals surface area (Å²) in [6.45, 7) is 7.00. The Kier molecular flexibility index (Phi) is 6.29. The number of hydrogen-bond acceptors (Lipinski definition) is 5. The van der Waals surface area contributed by atoms with Gasteiger partial charge < -0.3 is 15.1 Å². The van der Waals surface area contributed by atoms with E-state index in [0.717, 1.165) is 62.0 Å². The summed E-state index contributed by atoms with van der Waals surface area (Å²) < 4.78 is 0. The van der Waals surface area contributed by atoms with Gasteiger partial charge in [-0.3, -0.25) is 9.59 Å². The number of aromatic nitrogens is 1. The van der Waals surface area contributed by atoms with Gasteiger partial charge in [-0.25, -0.2) is 4.98 Å². The maximum Gasteiger partial charge on any atom is 0.227 e. The van der Waals surface area contributed by atoms with Gasteiger partial charge in [0.15, 0.2) is 5.13 Å². The second-order valence-corrected chi connectivity index (χ2v) is 9.77. The lowest BCUT2D eigenvalue weighted by Crippen LogP contribution is -2.49. The number of nitrogens with zero attached hydrogens (tertiary/aromatic N) is 3. The second kappa shape index (κ2) is 8.94. The van der Waals surface area contributed by atoms with Gasteiger partial charge in [0.1, 0.15) is 0 Å². The molecule has 0 radical (unpaired) electrons. The van der Waals surface area contributed by atoms with Crippen molar-refractivity contribution in [1.82, 2.24) is 9.88 Å². The molecule has 1 aromatic heterocycles. The van der Waals surface area contributed by atoms with Crippen LogP contribution in [0.1, 0.15) is 30.8 Å².